The number of hydrogen-bond acceptors (Lipinski definition) is 30. The third-order valence-electron chi connectivity index (χ3n) is 24.8. The Morgan fingerprint density at radius 3 is 1.57 bits per heavy atom. The van der Waals surface area contributed by atoms with Crippen molar-refractivity contribution in [3.8, 4) is 0 Å². The fraction of sp³-hybridized carbons (Fsp3) is 0.923. The summed E-state index contributed by atoms with van der Waals surface area (Å²) in [6.45, 7) is 14.3. The smallest absolute Gasteiger partial charge is 0.333 e. The van der Waals surface area contributed by atoms with Gasteiger partial charge in [-0.15, -0.1) is 0 Å². The van der Waals surface area contributed by atoms with Crippen LogP contribution >= 0.6 is 0 Å². The Kier molecular flexibility index (Phi) is 22.7. The maximum atomic E-state index is 13.3. The van der Waals surface area contributed by atoms with Crippen LogP contribution in [0.5, 0.6) is 0 Å². The molecule has 5 saturated heterocycles. The van der Waals surface area contributed by atoms with Crippen molar-refractivity contribution in [3.05, 3.63) is 23.3 Å². The standard InChI is InChI=1S/C65H106O30/c1-10-26(2)54(84)94-51-40(72)32(23-85-55-45(77)41(73)37(69)29(20-66)88-55)91-59(49(51)81)93-36-14-15-62(7)34(61(36,5)6)13-16-64(9)35(62)12-11-27-28-19-60(3,4)52(82)53(83)65(28,18-17-63(27,64)8)25-87-57-48(80)44(76)50(95-58-47(79)43(75)39(71)31(22-68)90-58)33(92-57)24-86-56-46(78)42(74)38(70)30(21-67)89-56/h10-11,28-53,55-59,66-83H,12-25H2,1-9H3/b26-10-/t28?,29-,30+,31-,32-,33+,34?,35?,36+,37-,38+,39-,40-,41+,42-,43+,44+,45-,46+,47-,48+,49-,50+,51+,52+,53+,55-,56+,57+,58+,59+,62+,63-,64-,65+/m1/s1. The Balaban J connectivity index is 0.885. The summed E-state index contributed by atoms with van der Waals surface area (Å²) in [6.07, 6.45) is -37.2. The molecule has 10 rings (SSSR count). The molecule has 35 atom stereocenters. The molecule has 0 aromatic rings. The van der Waals surface area contributed by atoms with Gasteiger partial charge < -0.3 is 144 Å². The lowest BCUT2D eigenvalue weighted by atomic mass is 9.33. The fourth-order valence-corrected chi connectivity index (χ4v) is 18.5. The van der Waals surface area contributed by atoms with E-state index >= 15 is 0 Å². The van der Waals surface area contributed by atoms with E-state index in [0.717, 1.165) is 18.4 Å². The second kappa shape index (κ2) is 28.6. The van der Waals surface area contributed by atoms with Crippen molar-refractivity contribution in [3.63, 3.8) is 0 Å². The van der Waals surface area contributed by atoms with Gasteiger partial charge in [-0.3, -0.25) is 0 Å². The fourth-order valence-electron chi connectivity index (χ4n) is 18.5. The van der Waals surface area contributed by atoms with E-state index in [1.54, 1.807) is 6.92 Å². The Bertz CT molecular complexity index is 2680. The molecule has 0 aromatic heterocycles. The Morgan fingerprint density at radius 2 is 1.01 bits per heavy atom. The third kappa shape index (κ3) is 13.1. The van der Waals surface area contributed by atoms with Crippen molar-refractivity contribution in [2.24, 2.45) is 50.2 Å². The Morgan fingerprint density at radius 1 is 0.516 bits per heavy atom. The molecule has 5 heterocycles. The van der Waals surface area contributed by atoms with E-state index in [0.29, 0.717) is 38.5 Å². The third-order valence-corrected chi connectivity index (χ3v) is 24.8. The number of carbonyl (C=O) groups is 1. The molecule has 0 bridgehead atoms. The summed E-state index contributed by atoms with van der Waals surface area (Å²) in [6, 6.07) is 0. The molecular weight excluding hydrogens is 1260 g/mol. The van der Waals surface area contributed by atoms with Gasteiger partial charge in [0.25, 0.3) is 0 Å². The topological polar surface area (TPSA) is 483 Å². The predicted molar refractivity (Wildman–Crippen MR) is 321 cm³/mol. The first-order chi connectivity index (χ1) is 44.5. The Hall–Kier alpha value is -2.17. The summed E-state index contributed by atoms with van der Waals surface area (Å²) in [5.41, 5.74) is -2.50. The van der Waals surface area contributed by atoms with E-state index in [1.165, 1.54) is 13.0 Å². The van der Waals surface area contributed by atoms with Crippen LogP contribution < -0.4 is 0 Å². The zero-order valence-corrected chi connectivity index (χ0v) is 55.4. The molecule has 5 aliphatic heterocycles. The second-order valence-corrected chi connectivity index (χ2v) is 30.7. The predicted octanol–water partition coefficient (Wildman–Crippen LogP) is -4.28. The number of aliphatic hydroxyl groups is 18. The first kappa shape index (κ1) is 75.5. The lowest BCUT2D eigenvalue weighted by Crippen LogP contribution is -2.69. The van der Waals surface area contributed by atoms with Crippen LogP contribution in [-0.2, 0) is 56.9 Å². The first-order valence-electron chi connectivity index (χ1n) is 33.5. The minimum atomic E-state index is -1.99. The zero-order chi connectivity index (χ0) is 69.7. The number of fused-ring (bicyclic) bond motifs is 7. The molecule has 30 heteroatoms. The highest BCUT2D eigenvalue weighted by Gasteiger charge is 2.71. The Labute approximate surface area is 551 Å². The number of esters is 1. The average Bonchev–Trinajstić information content (AvgIpc) is 0.674. The number of allylic oxidation sites excluding steroid dienone is 3. The van der Waals surface area contributed by atoms with E-state index in [4.69, 9.17) is 52.1 Å². The highest BCUT2D eigenvalue weighted by Crippen LogP contribution is 2.76. The van der Waals surface area contributed by atoms with Crippen LogP contribution in [0.3, 0.4) is 0 Å². The minimum absolute atomic E-state index is 0.0283. The van der Waals surface area contributed by atoms with Gasteiger partial charge in [0.2, 0.25) is 0 Å². The van der Waals surface area contributed by atoms with Gasteiger partial charge in [-0.1, -0.05) is 66.2 Å². The van der Waals surface area contributed by atoms with E-state index < -0.39 is 238 Å². The lowest BCUT2D eigenvalue weighted by molar-refractivity contribution is -0.370. The van der Waals surface area contributed by atoms with Crippen molar-refractivity contribution in [2.75, 3.05) is 39.6 Å². The normalized spacial score (nSPS) is 52.3. The van der Waals surface area contributed by atoms with Gasteiger partial charge in [-0.2, -0.15) is 0 Å². The molecule has 546 valence electrons. The maximum absolute atomic E-state index is 13.3. The van der Waals surface area contributed by atoms with Crippen molar-refractivity contribution >= 4 is 5.97 Å². The molecule has 10 aliphatic rings. The van der Waals surface area contributed by atoms with Gasteiger partial charge in [0, 0.05) is 11.0 Å². The molecule has 4 saturated carbocycles. The number of carbonyl (C=O) groups excluding carboxylic acids is 1. The van der Waals surface area contributed by atoms with Crippen molar-refractivity contribution < 1.29 is 149 Å². The van der Waals surface area contributed by atoms with Crippen LogP contribution in [0.15, 0.2) is 23.3 Å². The van der Waals surface area contributed by atoms with Crippen molar-refractivity contribution in [1.29, 1.82) is 0 Å². The highest BCUT2D eigenvalue weighted by atomic mass is 16.8. The van der Waals surface area contributed by atoms with Crippen LogP contribution in [0.1, 0.15) is 114 Å². The van der Waals surface area contributed by atoms with Crippen LogP contribution in [0.25, 0.3) is 0 Å². The van der Waals surface area contributed by atoms with Gasteiger partial charge in [0.15, 0.2) is 37.6 Å². The van der Waals surface area contributed by atoms with E-state index in [9.17, 15) is 96.7 Å². The summed E-state index contributed by atoms with van der Waals surface area (Å²) in [5.74, 6) is -1.11. The molecule has 0 spiro atoms. The summed E-state index contributed by atoms with van der Waals surface area (Å²) in [5, 5.41) is 198. The van der Waals surface area contributed by atoms with Gasteiger partial charge in [-0.25, -0.2) is 4.79 Å². The maximum Gasteiger partial charge on any atom is 0.333 e. The lowest BCUT2D eigenvalue weighted by Gasteiger charge is -2.72. The quantitative estimate of drug-likeness (QED) is 0.0267. The molecule has 5 aliphatic carbocycles. The highest BCUT2D eigenvalue weighted by molar-refractivity contribution is 5.87. The van der Waals surface area contributed by atoms with E-state index in [-0.39, 0.29) is 34.8 Å². The van der Waals surface area contributed by atoms with Crippen LogP contribution in [0.2, 0.25) is 0 Å². The first-order valence-corrected chi connectivity index (χ1v) is 33.5. The van der Waals surface area contributed by atoms with Gasteiger partial charge in [0.05, 0.1) is 58.0 Å². The minimum Gasteiger partial charge on any atom is -0.453 e. The number of rotatable bonds is 18. The van der Waals surface area contributed by atoms with Crippen molar-refractivity contribution in [2.45, 2.75) is 286 Å². The SMILES string of the molecule is C/C=C(/C)C(=O)O[C@@H]1[C@@H](O)[C@H](O[C@H]2CC[C@@]3(C)C(CC[C@]4(C)C3CC=C3C5CC(C)(C)[C@@H](O)[C@H](O)[C@]5(CO[C@H]5O[C@@H](CO[C@H]6O[C@@H](CO)[C@H](O)[C@@H](O)[C@@H]6O)[C@H](O[C@@H]6O[C@H](CO)[C@@H](O)[C@H](O)[C@H]6O)[C@@H](O)[C@@H]5O)CC[C@]34C)C2(C)C)O[C@H](CO[C@@H]2O[C@H](CO)[C@@H](O)[C@H](O)[C@H]2O)[C@H]1O. The molecule has 3 unspecified atom stereocenters. The monoisotopic (exact) mass is 1370 g/mol. The van der Waals surface area contributed by atoms with E-state index in [1.807, 2.05) is 13.8 Å². The molecule has 95 heavy (non-hydrogen) atoms. The second-order valence-electron chi connectivity index (χ2n) is 30.7. The molecule has 0 radical (unpaired) electrons. The van der Waals surface area contributed by atoms with Gasteiger partial charge in [-0.05, 0) is 110 Å². The number of aliphatic hydroxyl groups excluding tert-OH is 18. The largest absolute Gasteiger partial charge is 0.453 e. The van der Waals surface area contributed by atoms with Crippen molar-refractivity contribution in [1.82, 2.24) is 0 Å². The number of ether oxygens (including phenoxy) is 11. The zero-order valence-electron chi connectivity index (χ0n) is 55.4. The van der Waals surface area contributed by atoms with Crippen LogP contribution in [0.4, 0.5) is 0 Å². The summed E-state index contributed by atoms with van der Waals surface area (Å²) < 4.78 is 66.2. The summed E-state index contributed by atoms with van der Waals surface area (Å²) in [7, 11) is 0. The summed E-state index contributed by atoms with van der Waals surface area (Å²) >= 11 is 0. The molecule has 30 nitrogen and oxygen atoms in total. The molecule has 0 amide bonds. The summed E-state index contributed by atoms with van der Waals surface area (Å²) in [4.78, 5) is 13.3. The van der Waals surface area contributed by atoms with Gasteiger partial charge in [0.1, 0.15) is 116 Å². The molecule has 9 fully saturated rings. The van der Waals surface area contributed by atoms with Gasteiger partial charge >= 0.3 is 5.97 Å². The van der Waals surface area contributed by atoms with E-state index in [2.05, 4.69) is 40.7 Å². The van der Waals surface area contributed by atoms with Crippen LogP contribution in [-0.4, -0.2) is 309 Å². The van der Waals surface area contributed by atoms with Crippen LogP contribution in [0, 0.1) is 50.2 Å². The number of hydrogen-bond donors (Lipinski definition) is 18. The average molecular weight is 1370 g/mol. The molecule has 0 aromatic carbocycles. The molecule has 18 N–H and O–H groups in total. The molecular formula is C65H106O30.